The van der Waals surface area contributed by atoms with E-state index in [4.69, 9.17) is 0 Å². The minimum absolute atomic E-state index is 0.818. The molecule has 0 unspecified atom stereocenters. The molecule has 14 heavy (non-hydrogen) atoms. The van der Waals surface area contributed by atoms with E-state index < -0.39 is 0 Å². The van der Waals surface area contributed by atoms with Gasteiger partial charge < -0.3 is 9.88 Å². The van der Waals surface area contributed by atoms with Gasteiger partial charge in [0.25, 0.3) is 0 Å². The number of aromatic nitrogens is 3. The second kappa shape index (κ2) is 3.91. The Labute approximate surface area is 82.6 Å². The van der Waals surface area contributed by atoms with Crippen LogP contribution in [0, 0.1) is 0 Å². The Morgan fingerprint density at radius 3 is 2.79 bits per heavy atom. The minimum Gasteiger partial charge on any atom is -0.359 e. The molecule has 0 saturated heterocycles. The van der Waals surface area contributed by atoms with Crippen molar-refractivity contribution in [2.24, 2.45) is 0 Å². The molecule has 2 rings (SSSR count). The summed E-state index contributed by atoms with van der Waals surface area (Å²) in [5.74, 6) is 0.877. The topological polar surface area (TPSA) is 42.7 Å². The lowest BCUT2D eigenvalue weighted by atomic mass is 10.3. The average Bonchev–Trinajstić information content (AvgIpc) is 2.67. The number of nitrogens with one attached hydrogen (secondary N) is 1. The maximum absolute atomic E-state index is 4.17. The normalized spacial score (nSPS) is 10.1. The molecule has 0 fully saturated rings. The van der Waals surface area contributed by atoms with Crippen LogP contribution in [0.2, 0.25) is 0 Å². The summed E-state index contributed by atoms with van der Waals surface area (Å²) in [5, 5.41) is 3.03. The molecule has 2 aromatic rings. The Kier molecular flexibility index (Phi) is 2.44. The summed E-state index contributed by atoms with van der Waals surface area (Å²) in [7, 11) is 1.87. The van der Waals surface area contributed by atoms with Gasteiger partial charge in [-0.15, -0.1) is 0 Å². The molecule has 0 aliphatic carbocycles. The molecular weight excluding hydrogens is 176 g/mol. The van der Waals surface area contributed by atoms with Crippen LogP contribution in [-0.4, -0.2) is 21.6 Å². The zero-order valence-electron chi connectivity index (χ0n) is 8.01. The monoisotopic (exact) mass is 188 g/mol. The molecule has 0 aliphatic heterocycles. The van der Waals surface area contributed by atoms with E-state index in [2.05, 4.69) is 19.9 Å². The highest BCUT2D eigenvalue weighted by molar-refractivity contribution is 5.26. The van der Waals surface area contributed by atoms with Gasteiger partial charge >= 0.3 is 0 Å². The Morgan fingerprint density at radius 1 is 1.29 bits per heavy atom. The van der Waals surface area contributed by atoms with Crippen molar-refractivity contribution in [3.8, 4) is 0 Å². The molecule has 0 bridgehead atoms. The summed E-state index contributed by atoms with van der Waals surface area (Å²) in [6.45, 7) is 0.818. The highest BCUT2D eigenvalue weighted by Gasteiger charge is 1.99. The largest absolute Gasteiger partial charge is 0.359 e. The predicted molar refractivity (Wildman–Crippen MR) is 55.1 cm³/mol. The Balaban J connectivity index is 2.19. The van der Waals surface area contributed by atoms with E-state index in [0.717, 1.165) is 12.5 Å². The van der Waals surface area contributed by atoms with Crippen molar-refractivity contribution in [3.05, 3.63) is 42.5 Å². The van der Waals surface area contributed by atoms with Crippen LogP contribution < -0.4 is 5.32 Å². The average molecular weight is 188 g/mol. The van der Waals surface area contributed by atoms with Crippen LogP contribution in [0.25, 0.3) is 0 Å². The van der Waals surface area contributed by atoms with Crippen LogP contribution in [0.15, 0.2) is 36.9 Å². The molecule has 0 radical (unpaired) electrons. The second-order valence-corrected chi connectivity index (χ2v) is 2.98. The molecule has 2 heterocycles. The van der Waals surface area contributed by atoms with Crippen LogP contribution in [0.5, 0.6) is 0 Å². The third-order valence-corrected chi connectivity index (χ3v) is 2.04. The number of pyridine rings is 1. The van der Waals surface area contributed by atoms with Gasteiger partial charge in [-0.1, -0.05) is 0 Å². The predicted octanol–water partition coefficient (Wildman–Crippen LogP) is 1.37. The van der Waals surface area contributed by atoms with Gasteiger partial charge in [-0.2, -0.15) is 0 Å². The standard InChI is InChI=1S/C10H12N4/c1-11-10-13-6-7-14(10)8-9-2-4-12-5-3-9/h2-7H,8H2,1H3,(H,11,13). The highest BCUT2D eigenvalue weighted by atomic mass is 15.2. The van der Waals surface area contributed by atoms with Crippen molar-refractivity contribution in [3.63, 3.8) is 0 Å². The first kappa shape index (κ1) is 8.74. The maximum Gasteiger partial charge on any atom is 0.202 e. The Morgan fingerprint density at radius 2 is 2.07 bits per heavy atom. The molecule has 4 nitrogen and oxygen atoms in total. The summed E-state index contributed by atoms with van der Waals surface area (Å²) < 4.78 is 2.05. The molecule has 0 atom stereocenters. The number of anilines is 1. The quantitative estimate of drug-likeness (QED) is 0.791. The van der Waals surface area contributed by atoms with Crippen LogP contribution >= 0.6 is 0 Å². The van der Waals surface area contributed by atoms with E-state index in [9.17, 15) is 0 Å². The fraction of sp³-hybridized carbons (Fsp3) is 0.200. The maximum atomic E-state index is 4.17. The van der Waals surface area contributed by atoms with E-state index in [1.807, 2.05) is 25.4 Å². The van der Waals surface area contributed by atoms with E-state index in [1.54, 1.807) is 18.6 Å². The molecule has 0 spiro atoms. The first-order valence-electron chi connectivity index (χ1n) is 4.48. The summed E-state index contributed by atoms with van der Waals surface area (Å²) in [6, 6.07) is 4.00. The SMILES string of the molecule is CNc1nccn1Cc1ccncc1. The number of rotatable bonds is 3. The van der Waals surface area contributed by atoms with Crippen LogP contribution in [0.1, 0.15) is 5.56 Å². The first-order chi connectivity index (χ1) is 6.90. The van der Waals surface area contributed by atoms with Crippen molar-refractivity contribution < 1.29 is 0 Å². The summed E-state index contributed by atoms with van der Waals surface area (Å²) in [4.78, 5) is 8.14. The van der Waals surface area contributed by atoms with E-state index in [0.29, 0.717) is 0 Å². The number of hydrogen-bond donors (Lipinski definition) is 1. The van der Waals surface area contributed by atoms with Gasteiger partial charge in [0, 0.05) is 31.8 Å². The van der Waals surface area contributed by atoms with Gasteiger partial charge in [-0.05, 0) is 17.7 Å². The Bertz CT molecular complexity index is 394. The van der Waals surface area contributed by atoms with Crippen LogP contribution in [0.4, 0.5) is 5.95 Å². The molecule has 0 amide bonds. The lowest BCUT2D eigenvalue weighted by molar-refractivity contribution is 0.803. The van der Waals surface area contributed by atoms with Gasteiger partial charge in [0.1, 0.15) is 0 Å². The van der Waals surface area contributed by atoms with Crippen molar-refractivity contribution in [1.29, 1.82) is 0 Å². The van der Waals surface area contributed by atoms with Crippen LogP contribution in [0.3, 0.4) is 0 Å². The van der Waals surface area contributed by atoms with Crippen molar-refractivity contribution in [1.82, 2.24) is 14.5 Å². The van der Waals surface area contributed by atoms with E-state index >= 15 is 0 Å². The molecule has 1 N–H and O–H groups in total. The summed E-state index contributed by atoms with van der Waals surface area (Å²) >= 11 is 0. The molecule has 2 aromatic heterocycles. The number of imidazole rings is 1. The lowest BCUT2D eigenvalue weighted by Gasteiger charge is -2.06. The van der Waals surface area contributed by atoms with Crippen molar-refractivity contribution in [2.75, 3.05) is 12.4 Å². The highest BCUT2D eigenvalue weighted by Crippen LogP contribution is 2.07. The molecule has 72 valence electrons. The fourth-order valence-corrected chi connectivity index (χ4v) is 1.35. The first-order valence-corrected chi connectivity index (χ1v) is 4.48. The van der Waals surface area contributed by atoms with Gasteiger partial charge in [0.2, 0.25) is 5.95 Å². The molecule has 0 saturated carbocycles. The number of hydrogen-bond acceptors (Lipinski definition) is 3. The lowest BCUT2D eigenvalue weighted by Crippen LogP contribution is -2.03. The summed E-state index contributed by atoms with van der Waals surface area (Å²) in [6.07, 6.45) is 7.33. The third-order valence-electron chi connectivity index (χ3n) is 2.04. The molecule has 4 heteroatoms. The third kappa shape index (κ3) is 1.74. The fourth-order valence-electron chi connectivity index (χ4n) is 1.35. The van der Waals surface area contributed by atoms with E-state index in [1.165, 1.54) is 5.56 Å². The second-order valence-electron chi connectivity index (χ2n) is 2.98. The Hall–Kier alpha value is -1.84. The molecular formula is C10H12N4. The molecule has 0 aliphatic rings. The van der Waals surface area contributed by atoms with Gasteiger partial charge in [-0.3, -0.25) is 4.98 Å². The summed E-state index contributed by atoms with van der Waals surface area (Å²) in [5.41, 5.74) is 1.22. The van der Waals surface area contributed by atoms with Crippen LogP contribution in [-0.2, 0) is 6.54 Å². The van der Waals surface area contributed by atoms with Gasteiger partial charge in [0.15, 0.2) is 0 Å². The van der Waals surface area contributed by atoms with Gasteiger partial charge in [0.05, 0.1) is 6.54 Å². The smallest absolute Gasteiger partial charge is 0.202 e. The zero-order valence-corrected chi connectivity index (χ0v) is 8.01. The number of nitrogens with zero attached hydrogens (tertiary/aromatic N) is 3. The zero-order chi connectivity index (χ0) is 9.80. The van der Waals surface area contributed by atoms with Gasteiger partial charge in [-0.25, -0.2) is 4.98 Å². The molecule has 0 aromatic carbocycles. The van der Waals surface area contributed by atoms with Crippen molar-refractivity contribution >= 4 is 5.95 Å². The van der Waals surface area contributed by atoms with E-state index in [-0.39, 0.29) is 0 Å². The minimum atomic E-state index is 0.818. The van der Waals surface area contributed by atoms with Crippen molar-refractivity contribution in [2.45, 2.75) is 6.54 Å².